The number of para-hydroxylation sites is 2. The normalized spacial score (nSPS) is 20.2. The van der Waals surface area contributed by atoms with Gasteiger partial charge in [-0.2, -0.15) is 0 Å². The fourth-order valence-electron chi connectivity index (χ4n) is 2.61. The third kappa shape index (κ3) is 5.69. The van der Waals surface area contributed by atoms with Crippen LogP contribution >= 0.6 is 12.4 Å². The largest absolute Gasteiger partial charge is 0.379 e. The lowest BCUT2D eigenvalue weighted by atomic mass is 10.00. The molecule has 1 aromatic rings. The molecule has 2 rings (SSSR count). The number of nitrogens with zero attached hydrogens (tertiary/aromatic N) is 1. The molecular weight excluding hydrogens is 320 g/mol. The van der Waals surface area contributed by atoms with Crippen LogP contribution in [0.2, 0.25) is 0 Å². The van der Waals surface area contributed by atoms with Gasteiger partial charge in [-0.25, -0.2) is 0 Å². The number of rotatable bonds is 6. The predicted molar refractivity (Wildman–Crippen MR) is 92.1 cm³/mol. The number of halogens is 1. The highest BCUT2D eigenvalue weighted by molar-refractivity contribution is 5.85. The summed E-state index contributed by atoms with van der Waals surface area (Å²) < 4.78 is 0. The Hall–Kier alpha value is -1.86. The van der Waals surface area contributed by atoms with Crippen LogP contribution in [0.4, 0.5) is 11.4 Å². The van der Waals surface area contributed by atoms with E-state index in [9.17, 15) is 14.9 Å². The van der Waals surface area contributed by atoms with Gasteiger partial charge in [-0.3, -0.25) is 14.9 Å². The summed E-state index contributed by atoms with van der Waals surface area (Å²) in [5, 5.41) is 20.2. The van der Waals surface area contributed by atoms with Crippen LogP contribution in [0.5, 0.6) is 0 Å². The Morgan fingerprint density at radius 3 is 2.87 bits per heavy atom. The fourth-order valence-corrected chi connectivity index (χ4v) is 2.61. The zero-order valence-corrected chi connectivity index (χ0v) is 13.9. The molecule has 1 saturated heterocycles. The summed E-state index contributed by atoms with van der Waals surface area (Å²) in [4.78, 5) is 22.4. The first-order valence-electron chi connectivity index (χ1n) is 7.58. The van der Waals surface area contributed by atoms with Gasteiger partial charge >= 0.3 is 0 Å². The first-order chi connectivity index (χ1) is 10.6. The van der Waals surface area contributed by atoms with Gasteiger partial charge in [0.2, 0.25) is 5.91 Å². The zero-order chi connectivity index (χ0) is 15.9. The number of hydrogen-bond donors (Lipinski definition) is 3. The molecular formula is C15H23ClN4O3. The van der Waals surface area contributed by atoms with Crippen LogP contribution in [-0.2, 0) is 4.79 Å². The van der Waals surface area contributed by atoms with E-state index in [1.807, 2.05) is 0 Å². The molecule has 1 heterocycles. The van der Waals surface area contributed by atoms with Gasteiger partial charge in [0, 0.05) is 31.1 Å². The number of nitro benzene ring substituents is 1. The number of benzene rings is 1. The summed E-state index contributed by atoms with van der Waals surface area (Å²) in [5.41, 5.74) is 0.459. The van der Waals surface area contributed by atoms with Crippen LogP contribution in [0.25, 0.3) is 0 Å². The molecule has 2 unspecified atom stereocenters. The second-order valence-electron chi connectivity index (χ2n) is 5.51. The minimum atomic E-state index is -0.433. The van der Waals surface area contributed by atoms with Crippen LogP contribution in [0.3, 0.4) is 0 Å². The van der Waals surface area contributed by atoms with Crippen LogP contribution in [0, 0.1) is 10.1 Å². The highest BCUT2D eigenvalue weighted by atomic mass is 35.5. The van der Waals surface area contributed by atoms with Gasteiger partial charge in [0.15, 0.2) is 0 Å². The van der Waals surface area contributed by atoms with Gasteiger partial charge in [0.05, 0.1) is 4.92 Å². The number of piperidine rings is 1. The lowest BCUT2D eigenvalue weighted by Crippen LogP contribution is -2.52. The average molecular weight is 343 g/mol. The maximum Gasteiger partial charge on any atom is 0.292 e. The van der Waals surface area contributed by atoms with Crippen LogP contribution in [0.15, 0.2) is 24.3 Å². The molecule has 1 aliphatic rings. The van der Waals surface area contributed by atoms with Crippen molar-refractivity contribution in [3.8, 4) is 0 Å². The second kappa shape index (κ2) is 9.32. The van der Waals surface area contributed by atoms with E-state index in [-0.39, 0.29) is 42.5 Å². The molecule has 7 nitrogen and oxygen atoms in total. The Bertz CT molecular complexity index is 541. The summed E-state index contributed by atoms with van der Waals surface area (Å²) in [6, 6.07) is 6.87. The lowest BCUT2D eigenvalue weighted by Gasteiger charge is -2.30. The van der Waals surface area contributed by atoms with Gasteiger partial charge in [0.1, 0.15) is 5.69 Å². The number of nitro groups is 1. The Kier molecular flexibility index (Phi) is 7.77. The zero-order valence-electron chi connectivity index (χ0n) is 13.1. The van der Waals surface area contributed by atoms with Gasteiger partial charge in [-0.15, -0.1) is 12.4 Å². The molecule has 0 spiro atoms. The monoisotopic (exact) mass is 342 g/mol. The molecule has 0 radical (unpaired) electrons. The topological polar surface area (TPSA) is 96.3 Å². The third-order valence-corrected chi connectivity index (χ3v) is 3.88. The van der Waals surface area contributed by atoms with E-state index >= 15 is 0 Å². The molecule has 23 heavy (non-hydrogen) atoms. The molecule has 0 aliphatic carbocycles. The number of nitrogens with one attached hydrogen (secondary N) is 3. The number of hydrogen-bond acceptors (Lipinski definition) is 5. The minimum Gasteiger partial charge on any atom is -0.379 e. The average Bonchev–Trinajstić information content (AvgIpc) is 2.50. The predicted octanol–water partition coefficient (Wildman–Crippen LogP) is 2.08. The summed E-state index contributed by atoms with van der Waals surface area (Å²) in [6.07, 6.45) is 2.33. The van der Waals surface area contributed by atoms with Crippen molar-refractivity contribution in [3.63, 3.8) is 0 Å². The van der Waals surface area contributed by atoms with Crippen LogP contribution in [-0.4, -0.2) is 36.0 Å². The van der Waals surface area contributed by atoms with E-state index in [0.29, 0.717) is 12.2 Å². The van der Waals surface area contributed by atoms with Gasteiger partial charge in [-0.1, -0.05) is 12.1 Å². The lowest BCUT2D eigenvalue weighted by molar-refractivity contribution is -0.384. The Morgan fingerprint density at radius 2 is 2.17 bits per heavy atom. The molecule has 0 saturated carbocycles. The Labute approximate surface area is 141 Å². The van der Waals surface area contributed by atoms with Crippen molar-refractivity contribution in [1.29, 1.82) is 0 Å². The molecule has 1 aromatic carbocycles. The van der Waals surface area contributed by atoms with Gasteiger partial charge in [-0.05, 0) is 32.4 Å². The van der Waals surface area contributed by atoms with E-state index in [4.69, 9.17) is 0 Å². The maximum atomic E-state index is 12.0. The van der Waals surface area contributed by atoms with Crippen molar-refractivity contribution in [1.82, 2.24) is 10.6 Å². The van der Waals surface area contributed by atoms with E-state index in [0.717, 1.165) is 19.4 Å². The number of anilines is 1. The molecule has 128 valence electrons. The highest BCUT2D eigenvalue weighted by Crippen LogP contribution is 2.22. The van der Waals surface area contributed by atoms with Gasteiger partial charge < -0.3 is 16.0 Å². The molecule has 1 amide bonds. The smallest absolute Gasteiger partial charge is 0.292 e. The van der Waals surface area contributed by atoms with Crippen LogP contribution in [0.1, 0.15) is 26.2 Å². The number of amides is 1. The number of carbonyl (C=O) groups excluding carboxylic acids is 1. The molecule has 1 fully saturated rings. The minimum absolute atomic E-state index is 0. The van der Waals surface area contributed by atoms with Crippen molar-refractivity contribution in [2.75, 3.05) is 18.4 Å². The molecule has 1 aliphatic heterocycles. The Balaban J connectivity index is 0.00000264. The third-order valence-electron chi connectivity index (χ3n) is 3.88. The SMILES string of the molecule is CC1NCCCC1NC(=O)CCNc1ccccc1[N+](=O)[O-].Cl. The summed E-state index contributed by atoms with van der Waals surface area (Å²) in [6.45, 7) is 3.42. The standard InChI is InChI=1S/C15H22N4O3.ClH/c1-11-12(6-4-9-16-11)18-15(20)8-10-17-13-5-2-3-7-14(13)19(21)22;/h2-3,5,7,11-12,16-17H,4,6,8-10H2,1H3,(H,18,20);1H. The van der Waals surface area contributed by atoms with E-state index in [2.05, 4.69) is 22.9 Å². The molecule has 8 heteroatoms. The first kappa shape index (κ1) is 19.2. The second-order valence-corrected chi connectivity index (χ2v) is 5.51. The molecule has 0 bridgehead atoms. The molecule has 2 atom stereocenters. The molecule has 0 aromatic heterocycles. The van der Waals surface area contributed by atoms with Gasteiger partial charge in [0.25, 0.3) is 5.69 Å². The summed E-state index contributed by atoms with van der Waals surface area (Å²) >= 11 is 0. The van der Waals surface area contributed by atoms with E-state index < -0.39 is 4.92 Å². The summed E-state index contributed by atoms with van der Waals surface area (Å²) in [5.74, 6) is -0.0355. The van der Waals surface area contributed by atoms with Crippen molar-refractivity contribution in [3.05, 3.63) is 34.4 Å². The Morgan fingerprint density at radius 1 is 1.43 bits per heavy atom. The fraction of sp³-hybridized carbons (Fsp3) is 0.533. The van der Waals surface area contributed by atoms with E-state index in [1.165, 1.54) is 6.07 Å². The quantitative estimate of drug-likeness (QED) is 0.543. The van der Waals surface area contributed by atoms with Crippen LogP contribution < -0.4 is 16.0 Å². The maximum absolute atomic E-state index is 12.0. The highest BCUT2D eigenvalue weighted by Gasteiger charge is 2.22. The number of carbonyl (C=O) groups is 1. The van der Waals surface area contributed by atoms with E-state index in [1.54, 1.807) is 18.2 Å². The van der Waals surface area contributed by atoms with Crippen molar-refractivity contribution in [2.24, 2.45) is 0 Å². The van der Waals surface area contributed by atoms with Crippen molar-refractivity contribution >= 4 is 29.7 Å². The molecule has 3 N–H and O–H groups in total. The van der Waals surface area contributed by atoms with Crippen molar-refractivity contribution < 1.29 is 9.72 Å². The first-order valence-corrected chi connectivity index (χ1v) is 7.58. The summed E-state index contributed by atoms with van der Waals surface area (Å²) in [7, 11) is 0. The van der Waals surface area contributed by atoms with Crippen molar-refractivity contribution in [2.45, 2.75) is 38.3 Å².